The number of halogens is 1. The summed E-state index contributed by atoms with van der Waals surface area (Å²) in [6.45, 7) is 2.87. The summed E-state index contributed by atoms with van der Waals surface area (Å²) in [7, 11) is 3.18. The smallest absolute Gasteiger partial charge is 0.237 e. The lowest BCUT2D eigenvalue weighted by Crippen LogP contribution is -2.48. The van der Waals surface area contributed by atoms with Crippen LogP contribution >= 0.6 is 11.6 Å². The van der Waals surface area contributed by atoms with Gasteiger partial charge in [-0.15, -0.1) is 0 Å². The van der Waals surface area contributed by atoms with E-state index in [-0.39, 0.29) is 23.4 Å². The molecule has 2 aliphatic rings. The van der Waals surface area contributed by atoms with Crippen molar-refractivity contribution in [1.82, 2.24) is 19.8 Å². The zero-order valence-electron chi connectivity index (χ0n) is 17.9. The number of hydrogen-bond acceptors (Lipinski definition) is 8. The molecule has 2 aromatic rings. The molecule has 9 nitrogen and oxygen atoms in total. The molecule has 0 aliphatic carbocycles. The average molecular weight is 449 g/mol. The first-order valence-corrected chi connectivity index (χ1v) is 11.0. The first-order chi connectivity index (χ1) is 15.0. The minimum Gasteiger partial charge on any atom is -0.493 e. The summed E-state index contributed by atoms with van der Waals surface area (Å²) in [5, 5.41) is 4.51. The van der Waals surface area contributed by atoms with Crippen molar-refractivity contribution in [3.05, 3.63) is 17.4 Å². The molecule has 1 aromatic carbocycles. The Kier molecular flexibility index (Phi) is 6.64. The maximum atomic E-state index is 12.5. The number of amides is 1. The molecule has 1 aromatic heterocycles. The van der Waals surface area contributed by atoms with Crippen molar-refractivity contribution in [1.29, 1.82) is 0 Å². The first-order valence-electron chi connectivity index (χ1n) is 10.6. The van der Waals surface area contributed by atoms with Crippen LogP contribution in [0.3, 0.4) is 0 Å². The monoisotopic (exact) mass is 448 g/mol. The Morgan fingerprint density at radius 2 is 1.87 bits per heavy atom. The molecule has 31 heavy (non-hydrogen) atoms. The molecule has 0 radical (unpaired) electrons. The number of likely N-dealkylation sites (tertiary alicyclic amines) is 2. The molecule has 1 atom stereocenters. The number of hydrogen-bond donors (Lipinski definition) is 2. The normalized spacial score (nSPS) is 20.3. The zero-order valence-corrected chi connectivity index (χ0v) is 18.7. The van der Waals surface area contributed by atoms with Crippen LogP contribution in [0.25, 0.3) is 10.9 Å². The number of carbonyl (C=O) groups excluding carboxylic acids is 1. The first kappa shape index (κ1) is 21.9. The predicted octanol–water partition coefficient (Wildman–Crippen LogP) is 2.08. The maximum Gasteiger partial charge on any atom is 0.237 e. The number of nitrogens with one attached hydrogen (secondary N) is 1. The highest BCUT2D eigenvalue weighted by molar-refractivity contribution is 6.28. The standard InChI is InChI=1S/C21H29ClN6O3/c1-30-16-10-14-15(11-17(16)31-2)25-21(22)26-20(14)24-13-5-8-27(9-6-13)12-19(29)28-7-3-4-18(28)23/h10-11,13,18H,3-9,12,23H2,1-2H3,(H,24,25,26)/t18-/m0/s1. The van der Waals surface area contributed by atoms with E-state index in [4.69, 9.17) is 26.8 Å². The van der Waals surface area contributed by atoms with Gasteiger partial charge in [0.1, 0.15) is 5.82 Å². The second kappa shape index (κ2) is 9.42. The third kappa shape index (κ3) is 4.78. The minimum atomic E-state index is -0.127. The molecule has 0 unspecified atom stereocenters. The summed E-state index contributed by atoms with van der Waals surface area (Å²) < 4.78 is 10.8. The number of anilines is 1. The second-order valence-electron chi connectivity index (χ2n) is 8.06. The van der Waals surface area contributed by atoms with E-state index in [1.807, 2.05) is 6.07 Å². The van der Waals surface area contributed by atoms with E-state index in [0.717, 1.165) is 50.7 Å². The molecular weight excluding hydrogens is 420 g/mol. The molecule has 3 heterocycles. The van der Waals surface area contributed by atoms with Crippen LogP contribution in [0.4, 0.5) is 5.82 Å². The van der Waals surface area contributed by atoms with Gasteiger partial charge in [0.05, 0.1) is 32.4 Å². The summed E-state index contributed by atoms with van der Waals surface area (Å²) in [5.74, 6) is 2.00. The van der Waals surface area contributed by atoms with Gasteiger partial charge >= 0.3 is 0 Å². The fourth-order valence-electron chi connectivity index (χ4n) is 4.35. The highest BCUT2D eigenvalue weighted by Gasteiger charge is 2.28. The van der Waals surface area contributed by atoms with E-state index in [9.17, 15) is 4.79 Å². The van der Waals surface area contributed by atoms with Crippen molar-refractivity contribution < 1.29 is 14.3 Å². The van der Waals surface area contributed by atoms with Gasteiger partial charge in [-0.3, -0.25) is 9.69 Å². The molecule has 3 N–H and O–H groups in total. The second-order valence-corrected chi connectivity index (χ2v) is 8.40. The summed E-state index contributed by atoms with van der Waals surface area (Å²) in [6.07, 6.45) is 3.55. The van der Waals surface area contributed by atoms with Crippen LogP contribution in [-0.2, 0) is 4.79 Å². The van der Waals surface area contributed by atoms with Crippen molar-refractivity contribution in [2.75, 3.05) is 45.7 Å². The highest BCUT2D eigenvalue weighted by Crippen LogP contribution is 2.35. The number of nitrogens with two attached hydrogens (primary N) is 1. The van der Waals surface area contributed by atoms with E-state index in [1.54, 1.807) is 25.2 Å². The molecule has 10 heteroatoms. The Hall–Kier alpha value is -2.36. The Labute approximate surface area is 186 Å². The number of benzene rings is 1. The molecule has 168 valence electrons. The number of piperidine rings is 1. The van der Waals surface area contributed by atoms with Crippen LogP contribution in [-0.4, -0.2) is 78.3 Å². The van der Waals surface area contributed by atoms with Crippen LogP contribution < -0.4 is 20.5 Å². The quantitative estimate of drug-likeness (QED) is 0.647. The van der Waals surface area contributed by atoms with E-state index >= 15 is 0 Å². The molecule has 0 spiro atoms. The van der Waals surface area contributed by atoms with Gasteiger partial charge in [0.25, 0.3) is 0 Å². The third-order valence-electron chi connectivity index (χ3n) is 6.08. The zero-order chi connectivity index (χ0) is 22.0. The number of fused-ring (bicyclic) bond motifs is 1. The van der Waals surface area contributed by atoms with Gasteiger partial charge in [-0.1, -0.05) is 0 Å². The summed E-state index contributed by atoms with van der Waals surface area (Å²) in [6, 6.07) is 3.88. The van der Waals surface area contributed by atoms with Gasteiger partial charge in [0.15, 0.2) is 11.5 Å². The summed E-state index contributed by atoms with van der Waals surface area (Å²) >= 11 is 6.17. The van der Waals surface area contributed by atoms with Gasteiger partial charge in [-0.2, -0.15) is 0 Å². The van der Waals surface area contributed by atoms with Crippen LogP contribution in [0.1, 0.15) is 25.7 Å². The summed E-state index contributed by atoms with van der Waals surface area (Å²) in [5.41, 5.74) is 6.71. The van der Waals surface area contributed by atoms with Gasteiger partial charge in [0.2, 0.25) is 11.2 Å². The van der Waals surface area contributed by atoms with Crippen molar-refractivity contribution >= 4 is 34.2 Å². The number of ether oxygens (including phenoxy) is 2. The Morgan fingerprint density at radius 3 is 2.52 bits per heavy atom. The molecule has 4 rings (SSSR count). The SMILES string of the molecule is COc1cc2nc(Cl)nc(NC3CCN(CC(=O)N4CCC[C@H]4N)CC3)c2cc1OC. The van der Waals surface area contributed by atoms with Crippen LogP contribution in [0.2, 0.25) is 5.28 Å². The van der Waals surface area contributed by atoms with Gasteiger partial charge in [0, 0.05) is 37.1 Å². The molecule has 2 fully saturated rings. The van der Waals surface area contributed by atoms with Crippen LogP contribution in [0, 0.1) is 0 Å². The van der Waals surface area contributed by atoms with E-state index in [0.29, 0.717) is 29.4 Å². The number of nitrogens with zero attached hydrogens (tertiary/aromatic N) is 4. The number of aromatic nitrogens is 2. The largest absolute Gasteiger partial charge is 0.493 e. The van der Waals surface area contributed by atoms with Gasteiger partial charge in [-0.25, -0.2) is 9.97 Å². The topological polar surface area (TPSA) is 106 Å². The number of rotatable bonds is 6. The molecule has 2 aliphatic heterocycles. The predicted molar refractivity (Wildman–Crippen MR) is 120 cm³/mol. The number of methoxy groups -OCH3 is 2. The highest BCUT2D eigenvalue weighted by atomic mass is 35.5. The molecule has 0 bridgehead atoms. The lowest BCUT2D eigenvalue weighted by molar-refractivity contribution is -0.133. The Balaban J connectivity index is 1.41. The van der Waals surface area contributed by atoms with Crippen LogP contribution in [0.15, 0.2) is 12.1 Å². The van der Waals surface area contributed by atoms with Crippen molar-refractivity contribution in [3.8, 4) is 11.5 Å². The van der Waals surface area contributed by atoms with E-state index in [2.05, 4.69) is 20.2 Å². The fourth-order valence-corrected chi connectivity index (χ4v) is 4.53. The van der Waals surface area contributed by atoms with Crippen molar-refractivity contribution in [2.45, 2.75) is 37.9 Å². The lowest BCUT2D eigenvalue weighted by Gasteiger charge is -2.33. The molecular formula is C21H29ClN6O3. The summed E-state index contributed by atoms with van der Waals surface area (Å²) in [4.78, 5) is 25.3. The van der Waals surface area contributed by atoms with E-state index in [1.165, 1.54) is 0 Å². The Morgan fingerprint density at radius 1 is 1.16 bits per heavy atom. The van der Waals surface area contributed by atoms with Crippen molar-refractivity contribution in [3.63, 3.8) is 0 Å². The molecule has 0 saturated carbocycles. The average Bonchev–Trinajstić information content (AvgIpc) is 3.20. The fraction of sp³-hybridized carbons (Fsp3) is 0.571. The van der Waals surface area contributed by atoms with Crippen LogP contribution in [0.5, 0.6) is 11.5 Å². The van der Waals surface area contributed by atoms with Gasteiger partial charge in [-0.05, 0) is 43.4 Å². The lowest BCUT2D eigenvalue weighted by atomic mass is 10.0. The maximum absolute atomic E-state index is 12.5. The van der Waals surface area contributed by atoms with Crippen molar-refractivity contribution in [2.24, 2.45) is 5.73 Å². The Bertz CT molecular complexity index is 950. The van der Waals surface area contributed by atoms with E-state index < -0.39 is 0 Å². The molecule has 2 saturated heterocycles. The van der Waals surface area contributed by atoms with Gasteiger partial charge < -0.3 is 25.4 Å². The molecule has 1 amide bonds. The minimum absolute atomic E-state index is 0.127. The number of carbonyl (C=O) groups is 1. The third-order valence-corrected chi connectivity index (χ3v) is 6.25.